The Morgan fingerprint density at radius 2 is 1.80 bits per heavy atom. The lowest BCUT2D eigenvalue weighted by Gasteiger charge is -2.17. The van der Waals surface area contributed by atoms with Crippen molar-refractivity contribution < 1.29 is 14.3 Å². The third-order valence-electron chi connectivity index (χ3n) is 1.32. The standard InChI is InChI=1S/C7H12O3/c1-5(6(2)8)7(9-3)10-4/h2,5,7H,1,3-4H3. The molecule has 3 nitrogen and oxygen atoms in total. The number of hydrogen-bond acceptors (Lipinski definition) is 3. The number of carbonyl (C=O) groups is 1. The molecule has 0 aromatic carbocycles. The van der Waals surface area contributed by atoms with Crippen LogP contribution in [0.25, 0.3) is 0 Å². The number of hydrogen-bond donors (Lipinski definition) is 0. The molecule has 0 saturated heterocycles. The van der Waals surface area contributed by atoms with Crippen molar-refractivity contribution in [3.63, 3.8) is 0 Å². The fourth-order valence-electron chi connectivity index (χ4n) is 0.639. The van der Waals surface area contributed by atoms with E-state index in [0.717, 1.165) is 0 Å². The van der Waals surface area contributed by atoms with Crippen molar-refractivity contribution in [1.29, 1.82) is 0 Å². The molecule has 0 amide bonds. The van der Waals surface area contributed by atoms with Gasteiger partial charge >= 0.3 is 0 Å². The highest BCUT2D eigenvalue weighted by Gasteiger charge is 2.19. The van der Waals surface area contributed by atoms with Crippen molar-refractivity contribution in [2.24, 2.45) is 5.92 Å². The minimum atomic E-state index is -0.530. The molecule has 0 aliphatic heterocycles. The largest absolute Gasteiger partial charge is 0.355 e. The smallest absolute Gasteiger partial charge is 0.166 e. The van der Waals surface area contributed by atoms with Gasteiger partial charge in [0.15, 0.2) is 6.29 Å². The van der Waals surface area contributed by atoms with E-state index >= 15 is 0 Å². The number of Topliss-reactive ketones (excluding diaryl/α,β-unsaturated/α-hetero) is 1. The Morgan fingerprint density at radius 3 is 1.90 bits per heavy atom. The van der Waals surface area contributed by atoms with Crippen LogP contribution in [0.5, 0.6) is 0 Å². The molecule has 2 radical (unpaired) electrons. The van der Waals surface area contributed by atoms with Crippen LogP contribution in [0.3, 0.4) is 0 Å². The second kappa shape index (κ2) is 4.41. The SMILES string of the molecule is [CH]C(=O)C(C)C(OC)OC. The lowest BCUT2D eigenvalue weighted by molar-refractivity contribution is -0.150. The molecule has 1 atom stereocenters. The van der Waals surface area contributed by atoms with Crippen LogP contribution in [0.2, 0.25) is 0 Å². The van der Waals surface area contributed by atoms with Crippen LogP contribution >= 0.6 is 0 Å². The zero-order valence-electron chi connectivity index (χ0n) is 6.46. The Bertz CT molecular complexity index is 107. The second-order valence-electron chi connectivity index (χ2n) is 2.03. The van der Waals surface area contributed by atoms with Crippen molar-refractivity contribution >= 4 is 5.78 Å². The van der Waals surface area contributed by atoms with Gasteiger partial charge in [-0.3, -0.25) is 4.79 Å². The molecule has 0 bridgehead atoms. The highest BCUT2D eigenvalue weighted by molar-refractivity contribution is 5.84. The molecule has 0 heterocycles. The van der Waals surface area contributed by atoms with Crippen LogP contribution in [-0.2, 0) is 14.3 Å². The van der Waals surface area contributed by atoms with E-state index in [1.54, 1.807) is 6.92 Å². The van der Waals surface area contributed by atoms with Gasteiger partial charge in [0.1, 0.15) is 5.78 Å². The van der Waals surface area contributed by atoms with Gasteiger partial charge in [-0.2, -0.15) is 0 Å². The lowest BCUT2D eigenvalue weighted by Crippen LogP contribution is -2.27. The van der Waals surface area contributed by atoms with E-state index in [4.69, 9.17) is 16.4 Å². The molecule has 58 valence electrons. The Balaban J connectivity index is 3.88. The molecule has 0 N–H and O–H groups in total. The number of ether oxygens (including phenoxy) is 2. The van der Waals surface area contributed by atoms with E-state index in [2.05, 4.69) is 0 Å². The van der Waals surface area contributed by atoms with E-state index in [1.165, 1.54) is 14.2 Å². The first-order valence-electron chi connectivity index (χ1n) is 2.98. The van der Waals surface area contributed by atoms with Gasteiger partial charge in [0.25, 0.3) is 0 Å². The van der Waals surface area contributed by atoms with Crippen LogP contribution < -0.4 is 0 Å². The second-order valence-corrected chi connectivity index (χ2v) is 2.03. The maximum atomic E-state index is 10.5. The zero-order valence-corrected chi connectivity index (χ0v) is 6.46. The first-order chi connectivity index (χ1) is 4.63. The normalized spacial score (nSPS) is 13.7. The molecule has 3 heteroatoms. The molecule has 0 aromatic rings. The Kier molecular flexibility index (Phi) is 4.23. The van der Waals surface area contributed by atoms with Crippen molar-refractivity contribution in [2.45, 2.75) is 13.2 Å². The summed E-state index contributed by atoms with van der Waals surface area (Å²) in [6, 6.07) is 0. The molecule has 0 rings (SSSR count). The highest BCUT2D eigenvalue weighted by atomic mass is 16.7. The van der Waals surface area contributed by atoms with Crippen molar-refractivity contribution in [2.75, 3.05) is 14.2 Å². The molecule has 0 spiro atoms. The monoisotopic (exact) mass is 144 g/mol. The topological polar surface area (TPSA) is 35.5 Å². The summed E-state index contributed by atoms with van der Waals surface area (Å²) in [6.07, 6.45) is -0.530. The predicted molar refractivity (Wildman–Crippen MR) is 36.3 cm³/mol. The van der Waals surface area contributed by atoms with Crippen LogP contribution in [0.1, 0.15) is 6.92 Å². The summed E-state index contributed by atoms with van der Waals surface area (Å²) in [5, 5.41) is 0. The molecule has 0 aliphatic rings. The maximum absolute atomic E-state index is 10.5. The average molecular weight is 144 g/mol. The lowest BCUT2D eigenvalue weighted by atomic mass is 10.1. The van der Waals surface area contributed by atoms with Crippen molar-refractivity contribution in [3.8, 4) is 0 Å². The number of carbonyl (C=O) groups excluding carboxylic acids is 1. The summed E-state index contributed by atoms with van der Waals surface area (Å²) in [6.45, 7) is 6.64. The molecular weight excluding hydrogens is 132 g/mol. The summed E-state index contributed by atoms with van der Waals surface area (Å²) in [4.78, 5) is 10.5. The van der Waals surface area contributed by atoms with E-state index in [0.29, 0.717) is 0 Å². The molecular formula is C7H12O3. The van der Waals surface area contributed by atoms with E-state index < -0.39 is 18.0 Å². The summed E-state index contributed by atoms with van der Waals surface area (Å²) in [5.41, 5.74) is 0. The summed E-state index contributed by atoms with van der Waals surface area (Å²) in [5.74, 6) is -0.830. The Labute approximate surface area is 61.3 Å². The van der Waals surface area contributed by atoms with Gasteiger partial charge in [-0.25, -0.2) is 0 Å². The van der Waals surface area contributed by atoms with Gasteiger partial charge in [-0.15, -0.1) is 0 Å². The fourth-order valence-corrected chi connectivity index (χ4v) is 0.639. The minimum absolute atomic E-state index is 0.407. The molecule has 0 fully saturated rings. The summed E-state index contributed by atoms with van der Waals surface area (Å²) < 4.78 is 9.60. The van der Waals surface area contributed by atoms with Crippen LogP contribution in [0, 0.1) is 12.8 Å². The van der Waals surface area contributed by atoms with E-state index in [-0.39, 0.29) is 0 Å². The third-order valence-corrected chi connectivity index (χ3v) is 1.32. The van der Waals surface area contributed by atoms with Crippen molar-refractivity contribution in [1.82, 2.24) is 0 Å². The first kappa shape index (κ1) is 9.59. The summed E-state index contributed by atoms with van der Waals surface area (Å²) >= 11 is 0. The molecule has 1 unspecified atom stereocenters. The average Bonchev–Trinajstić information content (AvgIpc) is 1.90. The Morgan fingerprint density at radius 1 is 1.40 bits per heavy atom. The van der Waals surface area contributed by atoms with E-state index in [1.807, 2.05) is 0 Å². The van der Waals surface area contributed by atoms with Gasteiger partial charge in [0.2, 0.25) is 0 Å². The van der Waals surface area contributed by atoms with Gasteiger partial charge in [0.05, 0.1) is 5.92 Å². The van der Waals surface area contributed by atoms with Crippen LogP contribution in [0.15, 0.2) is 0 Å². The molecule has 0 saturated carbocycles. The third kappa shape index (κ3) is 2.45. The minimum Gasteiger partial charge on any atom is -0.355 e. The first-order valence-corrected chi connectivity index (χ1v) is 2.98. The molecule has 0 aromatic heterocycles. The predicted octanol–water partition coefficient (Wildman–Crippen LogP) is 0.522. The number of rotatable bonds is 4. The van der Waals surface area contributed by atoms with Gasteiger partial charge in [0, 0.05) is 21.1 Å². The maximum Gasteiger partial charge on any atom is 0.166 e. The van der Waals surface area contributed by atoms with Crippen LogP contribution in [0.4, 0.5) is 0 Å². The number of ketones is 1. The van der Waals surface area contributed by atoms with Crippen molar-refractivity contribution in [3.05, 3.63) is 6.92 Å². The number of methoxy groups -OCH3 is 2. The van der Waals surface area contributed by atoms with Gasteiger partial charge < -0.3 is 9.47 Å². The zero-order chi connectivity index (χ0) is 8.15. The highest BCUT2D eigenvalue weighted by Crippen LogP contribution is 2.07. The molecule has 10 heavy (non-hydrogen) atoms. The van der Waals surface area contributed by atoms with Crippen LogP contribution in [-0.4, -0.2) is 26.3 Å². The summed E-state index contributed by atoms with van der Waals surface area (Å²) in [7, 11) is 2.93. The van der Waals surface area contributed by atoms with Gasteiger partial charge in [-0.05, 0) is 0 Å². The quantitative estimate of drug-likeness (QED) is 0.540. The van der Waals surface area contributed by atoms with E-state index in [9.17, 15) is 4.79 Å². The fraction of sp³-hybridized carbons (Fsp3) is 0.714. The Hall–Kier alpha value is -0.410. The van der Waals surface area contributed by atoms with Gasteiger partial charge in [-0.1, -0.05) is 6.92 Å². The molecule has 0 aliphatic carbocycles.